The molecule has 0 aliphatic heterocycles. The second kappa shape index (κ2) is 3.21. The Morgan fingerprint density at radius 2 is 2.00 bits per heavy atom. The number of fused-ring (bicyclic) bond motifs is 3. The summed E-state index contributed by atoms with van der Waals surface area (Å²) < 4.78 is 1.71. The van der Waals surface area contributed by atoms with Crippen LogP contribution in [0.15, 0.2) is 36.4 Å². The first-order valence-electron chi connectivity index (χ1n) is 4.67. The van der Waals surface area contributed by atoms with Gasteiger partial charge in [0.15, 0.2) is 0 Å². The van der Waals surface area contributed by atoms with Crippen LogP contribution in [-0.4, -0.2) is 15.0 Å². The Balaban J connectivity index is 2.56. The van der Waals surface area contributed by atoms with Crippen LogP contribution in [0.5, 0.6) is 0 Å². The molecule has 3 rings (SSSR count). The Hall–Kier alpha value is -1.61. The molecule has 1 heterocycles. The number of halogens is 1. The molecular formula is C11H8ClN3. The Kier molecular flexibility index (Phi) is 1.86. The number of rotatable bonds is 1. The quantitative estimate of drug-likeness (QED) is 0.587. The number of nitrogens with zero attached hydrogens (tertiary/aromatic N) is 3. The molecule has 0 atom stereocenters. The van der Waals surface area contributed by atoms with Gasteiger partial charge in [0.1, 0.15) is 11.5 Å². The van der Waals surface area contributed by atoms with Gasteiger partial charge in [0.2, 0.25) is 0 Å². The van der Waals surface area contributed by atoms with Gasteiger partial charge in [-0.15, -0.1) is 16.7 Å². The van der Waals surface area contributed by atoms with Crippen molar-refractivity contribution in [1.82, 2.24) is 15.0 Å². The van der Waals surface area contributed by atoms with Gasteiger partial charge in [-0.1, -0.05) is 35.5 Å². The van der Waals surface area contributed by atoms with Gasteiger partial charge in [-0.3, -0.25) is 0 Å². The molecule has 0 radical (unpaired) electrons. The first kappa shape index (κ1) is 8.68. The maximum atomic E-state index is 5.81. The fourth-order valence-corrected chi connectivity index (χ4v) is 1.99. The van der Waals surface area contributed by atoms with E-state index in [2.05, 4.69) is 22.4 Å². The zero-order valence-electron chi connectivity index (χ0n) is 7.89. The average molecular weight is 218 g/mol. The molecule has 0 aliphatic rings. The van der Waals surface area contributed by atoms with Gasteiger partial charge in [0.25, 0.3) is 0 Å². The van der Waals surface area contributed by atoms with Gasteiger partial charge in [-0.2, -0.15) is 0 Å². The van der Waals surface area contributed by atoms with Crippen molar-refractivity contribution in [3.8, 4) is 0 Å². The third kappa shape index (κ3) is 1.20. The Labute approximate surface area is 91.3 Å². The number of alkyl halides is 1. The molecule has 74 valence electrons. The fourth-order valence-electron chi connectivity index (χ4n) is 1.83. The van der Waals surface area contributed by atoms with Crippen LogP contribution in [0.4, 0.5) is 0 Å². The highest BCUT2D eigenvalue weighted by Crippen LogP contribution is 2.23. The maximum absolute atomic E-state index is 5.81. The minimum atomic E-state index is 0.324. The molecule has 3 aromatic rings. The highest BCUT2D eigenvalue weighted by atomic mass is 35.5. The van der Waals surface area contributed by atoms with Crippen molar-refractivity contribution in [3.63, 3.8) is 0 Å². The molecule has 0 bridgehead atoms. The maximum Gasteiger partial charge on any atom is 0.117 e. The minimum Gasteiger partial charge on any atom is -0.229 e. The van der Waals surface area contributed by atoms with Crippen molar-refractivity contribution in [2.24, 2.45) is 0 Å². The van der Waals surface area contributed by atoms with E-state index in [1.165, 1.54) is 5.39 Å². The number of hydrogen-bond donors (Lipinski definition) is 0. The van der Waals surface area contributed by atoms with E-state index in [9.17, 15) is 0 Å². The van der Waals surface area contributed by atoms with E-state index in [4.69, 9.17) is 11.6 Å². The van der Waals surface area contributed by atoms with Crippen molar-refractivity contribution in [3.05, 3.63) is 36.4 Å². The molecule has 0 N–H and O–H groups in total. The third-order valence-electron chi connectivity index (χ3n) is 2.51. The molecule has 0 aliphatic carbocycles. The van der Waals surface area contributed by atoms with Gasteiger partial charge in [-0.05, 0) is 11.5 Å². The van der Waals surface area contributed by atoms with E-state index in [0.29, 0.717) is 6.00 Å². The molecule has 0 unspecified atom stereocenters. The topological polar surface area (TPSA) is 30.7 Å². The normalized spacial score (nSPS) is 11.3. The average Bonchev–Trinajstić information content (AvgIpc) is 2.72. The summed E-state index contributed by atoms with van der Waals surface area (Å²) in [6, 6.07) is 12.5. The molecule has 15 heavy (non-hydrogen) atoms. The summed E-state index contributed by atoms with van der Waals surface area (Å²) >= 11 is 5.81. The summed E-state index contributed by atoms with van der Waals surface area (Å²) in [5.74, 6) is 0. The number of aromatic nitrogens is 3. The smallest absolute Gasteiger partial charge is 0.117 e. The zero-order chi connectivity index (χ0) is 10.3. The van der Waals surface area contributed by atoms with Crippen molar-refractivity contribution in [2.45, 2.75) is 6.00 Å². The minimum absolute atomic E-state index is 0.324. The lowest BCUT2D eigenvalue weighted by Crippen LogP contribution is -1.94. The third-order valence-corrected chi connectivity index (χ3v) is 2.74. The molecule has 0 amide bonds. The second-order valence-corrected chi connectivity index (χ2v) is 3.60. The fraction of sp³-hybridized carbons (Fsp3) is 0.0909. The Morgan fingerprint density at radius 1 is 1.13 bits per heavy atom. The first-order valence-corrected chi connectivity index (χ1v) is 5.20. The van der Waals surface area contributed by atoms with E-state index in [0.717, 1.165) is 16.4 Å². The van der Waals surface area contributed by atoms with Crippen molar-refractivity contribution >= 4 is 33.4 Å². The van der Waals surface area contributed by atoms with Crippen molar-refractivity contribution < 1.29 is 0 Å². The molecule has 0 spiro atoms. The summed E-state index contributed by atoms with van der Waals surface area (Å²) in [6.07, 6.45) is 0. The van der Waals surface area contributed by atoms with Crippen LogP contribution >= 0.6 is 11.6 Å². The predicted molar refractivity (Wildman–Crippen MR) is 60.9 cm³/mol. The van der Waals surface area contributed by atoms with Crippen LogP contribution in [0.3, 0.4) is 0 Å². The molecule has 0 saturated heterocycles. The zero-order valence-corrected chi connectivity index (χ0v) is 8.65. The lowest BCUT2D eigenvalue weighted by Gasteiger charge is -2.00. The van der Waals surface area contributed by atoms with Crippen molar-refractivity contribution in [2.75, 3.05) is 0 Å². The highest BCUT2D eigenvalue weighted by molar-refractivity contribution is 6.16. The molecule has 3 nitrogen and oxygen atoms in total. The standard InChI is InChI=1S/C11H8ClN3/c12-7-15-11-9-4-2-1-3-8(9)5-6-10(11)13-14-15/h1-6H,7H2. The summed E-state index contributed by atoms with van der Waals surface area (Å²) in [5.41, 5.74) is 1.89. The second-order valence-electron chi connectivity index (χ2n) is 3.36. The van der Waals surface area contributed by atoms with Crippen LogP contribution in [-0.2, 0) is 6.00 Å². The van der Waals surface area contributed by atoms with Crippen LogP contribution < -0.4 is 0 Å². The summed E-state index contributed by atoms with van der Waals surface area (Å²) in [6.45, 7) is 0. The van der Waals surface area contributed by atoms with Gasteiger partial charge in [-0.25, -0.2) is 4.68 Å². The van der Waals surface area contributed by atoms with E-state index in [1.807, 2.05) is 24.3 Å². The van der Waals surface area contributed by atoms with Gasteiger partial charge in [0.05, 0.1) is 5.52 Å². The van der Waals surface area contributed by atoms with E-state index in [1.54, 1.807) is 4.68 Å². The van der Waals surface area contributed by atoms with E-state index >= 15 is 0 Å². The lowest BCUT2D eigenvalue weighted by molar-refractivity contribution is 0.719. The molecule has 0 saturated carbocycles. The summed E-state index contributed by atoms with van der Waals surface area (Å²) in [4.78, 5) is 0. The largest absolute Gasteiger partial charge is 0.229 e. The number of hydrogen-bond acceptors (Lipinski definition) is 2. The van der Waals surface area contributed by atoms with Crippen LogP contribution in [0, 0.1) is 0 Å². The summed E-state index contributed by atoms with van der Waals surface area (Å²) in [7, 11) is 0. The van der Waals surface area contributed by atoms with Crippen LogP contribution in [0.25, 0.3) is 21.8 Å². The molecule has 2 aromatic carbocycles. The predicted octanol–water partition coefficient (Wildman–Crippen LogP) is 2.78. The lowest BCUT2D eigenvalue weighted by atomic mass is 10.1. The monoisotopic (exact) mass is 217 g/mol. The van der Waals surface area contributed by atoms with Crippen LogP contribution in [0.1, 0.15) is 0 Å². The van der Waals surface area contributed by atoms with Gasteiger partial charge < -0.3 is 0 Å². The first-order chi connectivity index (χ1) is 7.40. The molecule has 0 fully saturated rings. The van der Waals surface area contributed by atoms with Crippen LogP contribution in [0.2, 0.25) is 0 Å². The van der Waals surface area contributed by atoms with E-state index < -0.39 is 0 Å². The molecule has 1 aromatic heterocycles. The summed E-state index contributed by atoms with van der Waals surface area (Å²) in [5, 5.41) is 10.4. The van der Waals surface area contributed by atoms with E-state index in [-0.39, 0.29) is 0 Å². The molecule has 4 heteroatoms. The SMILES string of the molecule is ClCn1nnc2ccc3ccccc3c21. The Morgan fingerprint density at radius 3 is 2.87 bits per heavy atom. The number of benzene rings is 2. The van der Waals surface area contributed by atoms with Gasteiger partial charge in [0, 0.05) is 5.39 Å². The highest BCUT2D eigenvalue weighted by Gasteiger charge is 2.06. The van der Waals surface area contributed by atoms with Gasteiger partial charge >= 0.3 is 0 Å². The molecular weight excluding hydrogens is 210 g/mol. The Bertz CT molecular complexity index is 630. The van der Waals surface area contributed by atoms with Crippen molar-refractivity contribution in [1.29, 1.82) is 0 Å².